The van der Waals surface area contributed by atoms with Gasteiger partial charge in [-0.05, 0) is 30.2 Å². The Hall–Kier alpha value is -1.38. The average Bonchev–Trinajstić information content (AvgIpc) is 2.31. The lowest BCUT2D eigenvalue weighted by Crippen LogP contribution is -2.02. The summed E-state index contributed by atoms with van der Waals surface area (Å²) in [4.78, 5) is 0. The van der Waals surface area contributed by atoms with Crippen LogP contribution in [0.2, 0.25) is 0 Å². The number of rotatable bonds is 3. The fraction of sp³-hybridized carbons (Fsp3) is 0.143. The maximum atomic E-state index is 13.5. The molecular formula is C14H15ClFN. The van der Waals surface area contributed by atoms with Crippen molar-refractivity contribution in [1.29, 1.82) is 0 Å². The molecule has 1 nitrogen and oxygen atoms in total. The second-order valence-electron chi connectivity index (χ2n) is 3.72. The molecule has 0 aliphatic rings. The zero-order valence-corrected chi connectivity index (χ0v) is 10.2. The van der Waals surface area contributed by atoms with E-state index in [-0.39, 0.29) is 18.2 Å². The van der Waals surface area contributed by atoms with Gasteiger partial charge in [0.25, 0.3) is 0 Å². The monoisotopic (exact) mass is 251 g/mol. The van der Waals surface area contributed by atoms with Crippen LogP contribution in [0.4, 0.5) is 4.39 Å². The Balaban J connectivity index is 0.00000144. The molecule has 2 rings (SSSR count). The summed E-state index contributed by atoms with van der Waals surface area (Å²) >= 11 is 0. The van der Waals surface area contributed by atoms with E-state index in [4.69, 9.17) is 5.73 Å². The van der Waals surface area contributed by atoms with Crippen LogP contribution in [-0.4, -0.2) is 6.54 Å². The predicted octanol–water partition coefficient (Wildman–Crippen LogP) is 3.42. The first-order valence-electron chi connectivity index (χ1n) is 5.35. The summed E-state index contributed by atoms with van der Waals surface area (Å²) in [6.07, 6.45) is 0.859. The van der Waals surface area contributed by atoms with Gasteiger partial charge in [0.05, 0.1) is 0 Å². The van der Waals surface area contributed by atoms with Crippen LogP contribution in [0.1, 0.15) is 5.56 Å². The topological polar surface area (TPSA) is 26.0 Å². The Labute approximate surface area is 107 Å². The Kier molecular flexibility index (Phi) is 5.13. The molecule has 0 unspecified atom stereocenters. The smallest absolute Gasteiger partial charge is 0.131 e. The van der Waals surface area contributed by atoms with Gasteiger partial charge in [0.2, 0.25) is 0 Å². The van der Waals surface area contributed by atoms with Gasteiger partial charge in [0.1, 0.15) is 5.82 Å². The molecule has 3 heteroatoms. The highest BCUT2D eigenvalue weighted by Crippen LogP contribution is 2.22. The maximum Gasteiger partial charge on any atom is 0.131 e. The summed E-state index contributed by atoms with van der Waals surface area (Å²) in [5.41, 5.74) is 8.20. The van der Waals surface area contributed by atoms with E-state index >= 15 is 0 Å². The van der Waals surface area contributed by atoms with Gasteiger partial charge in [-0.2, -0.15) is 0 Å². The summed E-state index contributed by atoms with van der Waals surface area (Å²) in [7, 11) is 0. The third kappa shape index (κ3) is 3.29. The minimum Gasteiger partial charge on any atom is -0.330 e. The van der Waals surface area contributed by atoms with Crippen molar-refractivity contribution in [2.24, 2.45) is 5.73 Å². The number of benzene rings is 2. The van der Waals surface area contributed by atoms with Crippen LogP contribution in [-0.2, 0) is 6.42 Å². The second-order valence-corrected chi connectivity index (χ2v) is 3.72. The van der Waals surface area contributed by atoms with Gasteiger partial charge in [0.15, 0.2) is 0 Å². The molecule has 0 fully saturated rings. The molecule has 0 saturated heterocycles. The van der Waals surface area contributed by atoms with E-state index in [0.29, 0.717) is 12.1 Å². The molecule has 0 spiro atoms. The van der Waals surface area contributed by atoms with Crippen LogP contribution >= 0.6 is 12.4 Å². The van der Waals surface area contributed by atoms with Gasteiger partial charge in [0, 0.05) is 5.56 Å². The van der Waals surface area contributed by atoms with Gasteiger partial charge in [-0.3, -0.25) is 0 Å². The zero-order chi connectivity index (χ0) is 11.4. The van der Waals surface area contributed by atoms with Crippen molar-refractivity contribution in [3.63, 3.8) is 0 Å². The van der Waals surface area contributed by atoms with E-state index in [9.17, 15) is 4.39 Å². The normalized spacial score (nSPS) is 9.76. The molecule has 0 aromatic heterocycles. The number of nitrogens with two attached hydrogens (primary N) is 1. The molecule has 2 aromatic carbocycles. The van der Waals surface area contributed by atoms with E-state index in [1.807, 2.05) is 30.3 Å². The molecule has 17 heavy (non-hydrogen) atoms. The first-order chi connectivity index (χ1) is 7.81. The molecule has 2 aromatic rings. The Morgan fingerprint density at radius 2 is 1.59 bits per heavy atom. The number of halogens is 2. The van der Waals surface area contributed by atoms with Crippen molar-refractivity contribution < 1.29 is 4.39 Å². The molecule has 0 amide bonds. The molecule has 0 bridgehead atoms. The number of hydrogen-bond donors (Lipinski definition) is 1. The summed E-state index contributed by atoms with van der Waals surface area (Å²) in [6, 6.07) is 14.7. The van der Waals surface area contributed by atoms with E-state index in [1.54, 1.807) is 12.1 Å². The zero-order valence-electron chi connectivity index (χ0n) is 9.40. The Morgan fingerprint density at radius 3 is 2.18 bits per heavy atom. The van der Waals surface area contributed by atoms with Crippen molar-refractivity contribution in [3.8, 4) is 11.1 Å². The summed E-state index contributed by atoms with van der Waals surface area (Å²) in [5.74, 6) is -0.186. The van der Waals surface area contributed by atoms with Crippen LogP contribution in [0, 0.1) is 5.82 Å². The van der Waals surface area contributed by atoms with Gasteiger partial charge in [-0.15, -0.1) is 12.4 Å². The fourth-order valence-electron chi connectivity index (χ4n) is 1.71. The highest BCUT2D eigenvalue weighted by Gasteiger charge is 2.03. The lowest BCUT2D eigenvalue weighted by Gasteiger charge is -2.04. The van der Waals surface area contributed by atoms with Crippen molar-refractivity contribution in [2.75, 3.05) is 6.54 Å². The van der Waals surface area contributed by atoms with Crippen LogP contribution < -0.4 is 5.73 Å². The predicted molar refractivity (Wildman–Crippen MR) is 71.8 cm³/mol. The molecule has 0 atom stereocenters. The first kappa shape index (κ1) is 13.7. The summed E-state index contributed by atoms with van der Waals surface area (Å²) in [6.45, 7) is 0.638. The van der Waals surface area contributed by atoms with Crippen molar-refractivity contribution in [2.45, 2.75) is 6.42 Å². The van der Waals surface area contributed by atoms with E-state index in [2.05, 4.69) is 0 Å². The van der Waals surface area contributed by atoms with Gasteiger partial charge >= 0.3 is 0 Å². The molecule has 0 heterocycles. The van der Waals surface area contributed by atoms with Crippen LogP contribution in [0.15, 0.2) is 48.5 Å². The van der Waals surface area contributed by atoms with Crippen LogP contribution in [0.5, 0.6) is 0 Å². The average molecular weight is 252 g/mol. The van der Waals surface area contributed by atoms with Crippen LogP contribution in [0.25, 0.3) is 11.1 Å². The maximum absolute atomic E-state index is 13.5. The molecule has 0 radical (unpaired) electrons. The lowest BCUT2D eigenvalue weighted by molar-refractivity contribution is 0.631. The summed E-state index contributed by atoms with van der Waals surface area (Å²) in [5, 5.41) is 0. The van der Waals surface area contributed by atoms with Crippen molar-refractivity contribution >= 4 is 12.4 Å². The van der Waals surface area contributed by atoms with Crippen molar-refractivity contribution in [1.82, 2.24) is 0 Å². The second kappa shape index (κ2) is 6.38. The minimum absolute atomic E-state index is 0. The molecule has 90 valence electrons. The SMILES string of the molecule is Cl.NCCc1ccc(-c2ccccc2F)cc1. The minimum atomic E-state index is -0.186. The largest absolute Gasteiger partial charge is 0.330 e. The van der Waals surface area contributed by atoms with Gasteiger partial charge < -0.3 is 5.73 Å². The standard InChI is InChI=1S/C14H14FN.ClH/c15-14-4-2-1-3-13(14)12-7-5-11(6-8-12)9-10-16;/h1-8H,9-10,16H2;1H. The summed E-state index contributed by atoms with van der Waals surface area (Å²) < 4.78 is 13.5. The Bertz CT molecular complexity index is 468. The first-order valence-corrected chi connectivity index (χ1v) is 5.35. The molecule has 2 N–H and O–H groups in total. The molecule has 0 aliphatic heterocycles. The number of hydrogen-bond acceptors (Lipinski definition) is 1. The van der Waals surface area contributed by atoms with Gasteiger partial charge in [-0.1, -0.05) is 42.5 Å². The third-order valence-electron chi connectivity index (χ3n) is 2.57. The van der Waals surface area contributed by atoms with E-state index in [0.717, 1.165) is 12.0 Å². The third-order valence-corrected chi connectivity index (χ3v) is 2.57. The van der Waals surface area contributed by atoms with E-state index < -0.39 is 0 Å². The fourth-order valence-corrected chi connectivity index (χ4v) is 1.71. The quantitative estimate of drug-likeness (QED) is 0.889. The highest BCUT2D eigenvalue weighted by molar-refractivity contribution is 5.85. The molecule has 0 aliphatic carbocycles. The Morgan fingerprint density at radius 1 is 0.941 bits per heavy atom. The molecule has 0 saturated carbocycles. The highest BCUT2D eigenvalue weighted by atomic mass is 35.5. The van der Waals surface area contributed by atoms with Crippen LogP contribution in [0.3, 0.4) is 0 Å². The van der Waals surface area contributed by atoms with E-state index in [1.165, 1.54) is 11.6 Å². The lowest BCUT2D eigenvalue weighted by atomic mass is 10.0. The van der Waals surface area contributed by atoms with Gasteiger partial charge in [-0.25, -0.2) is 4.39 Å². The molecular weight excluding hydrogens is 237 g/mol. The van der Waals surface area contributed by atoms with Crippen molar-refractivity contribution in [3.05, 3.63) is 59.9 Å².